The Morgan fingerprint density at radius 1 is 0.360 bits per heavy atom. The summed E-state index contributed by atoms with van der Waals surface area (Å²) < 4.78 is 4.42. The van der Waals surface area contributed by atoms with E-state index >= 15 is 0 Å². The maximum atomic E-state index is 5.42. The third-order valence-electron chi connectivity index (χ3n) is 9.40. The van der Waals surface area contributed by atoms with Gasteiger partial charge in [0.25, 0.3) is 0 Å². The molecule has 0 unspecified atom stereocenters. The molecule has 0 fully saturated rings. The Labute approximate surface area is 287 Å². The van der Waals surface area contributed by atoms with Crippen LogP contribution in [0.5, 0.6) is 0 Å². The smallest absolute Gasteiger partial charge is 0.238 e. The van der Waals surface area contributed by atoms with Crippen molar-refractivity contribution in [3.05, 3.63) is 170 Å². The van der Waals surface area contributed by atoms with Gasteiger partial charge in [-0.2, -0.15) is 9.97 Å². The van der Waals surface area contributed by atoms with Crippen molar-refractivity contribution in [3.8, 4) is 45.7 Å². The Hall–Kier alpha value is -6.92. The summed E-state index contributed by atoms with van der Waals surface area (Å²) >= 11 is 0. The number of nitrogens with zero attached hydrogens (tertiary/aromatic N) is 6. The Morgan fingerprint density at radius 2 is 0.920 bits per heavy atom. The van der Waals surface area contributed by atoms with Gasteiger partial charge in [-0.3, -0.25) is 9.13 Å². The lowest BCUT2D eigenvalue weighted by Crippen LogP contribution is -2.06. The molecule has 0 aliphatic heterocycles. The molecule has 0 atom stereocenters. The van der Waals surface area contributed by atoms with Crippen molar-refractivity contribution in [2.24, 2.45) is 0 Å². The zero-order valence-corrected chi connectivity index (χ0v) is 26.8. The molecule has 234 valence electrons. The number of pyridine rings is 1. The molecule has 0 saturated heterocycles. The predicted molar refractivity (Wildman–Crippen MR) is 203 cm³/mol. The molecule has 0 aliphatic carbocycles. The van der Waals surface area contributed by atoms with Crippen LogP contribution in [0.15, 0.2) is 170 Å². The zero-order chi connectivity index (χ0) is 33.0. The molecule has 10 aromatic rings. The first-order valence-electron chi connectivity index (χ1n) is 16.7. The summed E-state index contributed by atoms with van der Waals surface area (Å²) in [6, 6.07) is 58.4. The van der Waals surface area contributed by atoms with E-state index in [1.165, 1.54) is 5.39 Å². The molecule has 0 spiro atoms. The highest BCUT2D eigenvalue weighted by atomic mass is 15.2. The normalized spacial score (nSPS) is 11.6. The third kappa shape index (κ3) is 4.43. The molecule has 4 aromatic heterocycles. The number of hydrogen-bond donors (Lipinski definition) is 0. The first-order valence-corrected chi connectivity index (χ1v) is 16.7. The average Bonchev–Trinajstić information content (AvgIpc) is 3.71. The van der Waals surface area contributed by atoms with Gasteiger partial charge < -0.3 is 0 Å². The highest BCUT2D eigenvalue weighted by Gasteiger charge is 2.21. The molecule has 10 rings (SSSR count). The minimum atomic E-state index is 0.564. The van der Waals surface area contributed by atoms with Crippen LogP contribution in [0.1, 0.15) is 0 Å². The summed E-state index contributed by atoms with van der Waals surface area (Å²) in [6.45, 7) is 0. The van der Waals surface area contributed by atoms with Crippen LogP contribution in [0, 0.1) is 0 Å². The van der Waals surface area contributed by atoms with E-state index in [0.29, 0.717) is 17.6 Å². The molecule has 0 aliphatic rings. The number of aromatic nitrogens is 6. The van der Waals surface area contributed by atoms with Gasteiger partial charge in [0, 0.05) is 43.9 Å². The summed E-state index contributed by atoms with van der Waals surface area (Å²) in [5.41, 5.74) is 8.96. The van der Waals surface area contributed by atoms with Gasteiger partial charge in [0.1, 0.15) is 5.65 Å². The van der Waals surface area contributed by atoms with Crippen LogP contribution in [0.3, 0.4) is 0 Å². The number of benzene rings is 6. The molecule has 0 amide bonds. The van der Waals surface area contributed by atoms with Gasteiger partial charge in [0.15, 0.2) is 11.6 Å². The first kappa shape index (κ1) is 28.1. The second-order valence-electron chi connectivity index (χ2n) is 12.3. The number of rotatable bonds is 5. The molecule has 6 heteroatoms. The predicted octanol–water partition coefficient (Wildman–Crippen LogP) is 10.5. The third-order valence-corrected chi connectivity index (χ3v) is 9.40. The second kappa shape index (κ2) is 11.4. The van der Waals surface area contributed by atoms with Crippen molar-refractivity contribution in [2.45, 2.75) is 0 Å². The molecule has 6 nitrogen and oxygen atoms in total. The van der Waals surface area contributed by atoms with E-state index in [0.717, 1.165) is 66.4 Å². The van der Waals surface area contributed by atoms with E-state index in [-0.39, 0.29) is 0 Å². The fourth-order valence-corrected chi connectivity index (χ4v) is 7.17. The topological polar surface area (TPSA) is 61.4 Å². The molecule has 50 heavy (non-hydrogen) atoms. The molecular formula is C44H28N6. The maximum Gasteiger partial charge on any atom is 0.238 e. The van der Waals surface area contributed by atoms with E-state index in [9.17, 15) is 0 Å². The van der Waals surface area contributed by atoms with E-state index in [1.807, 2.05) is 66.7 Å². The zero-order valence-electron chi connectivity index (χ0n) is 26.8. The molecule has 6 aromatic carbocycles. The highest BCUT2D eigenvalue weighted by Crippen LogP contribution is 2.39. The van der Waals surface area contributed by atoms with Crippen LogP contribution >= 0.6 is 0 Å². The minimum Gasteiger partial charge on any atom is -0.294 e. The second-order valence-corrected chi connectivity index (χ2v) is 12.3. The largest absolute Gasteiger partial charge is 0.294 e. The van der Waals surface area contributed by atoms with Crippen LogP contribution in [0.25, 0.3) is 89.4 Å². The van der Waals surface area contributed by atoms with E-state index in [1.54, 1.807) is 0 Å². The SMILES string of the molecule is c1ccc(-c2nc(-c3ccccc3)nc(-n3c4ccccc4c4c(-c5ccc6c7ccccc7n(-c7ccccc7)c6n5)cccc43)n2)cc1. The maximum absolute atomic E-state index is 5.42. The quantitative estimate of drug-likeness (QED) is 0.188. The van der Waals surface area contributed by atoms with Gasteiger partial charge >= 0.3 is 0 Å². The van der Waals surface area contributed by atoms with Gasteiger partial charge in [-0.15, -0.1) is 0 Å². The summed E-state index contributed by atoms with van der Waals surface area (Å²) in [6.07, 6.45) is 0. The van der Waals surface area contributed by atoms with Gasteiger partial charge in [0.05, 0.1) is 22.2 Å². The fourth-order valence-electron chi connectivity index (χ4n) is 7.17. The fraction of sp³-hybridized carbons (Fsp3) is 0. The van der Waals surface area contributed by atoms with E-state index < -0.39 is 0 Å². The summed E-state index contributed by atoms with van der Waals surface area (Å²) in [4.78, 5) is 20.6. The van der Waals surface area contributed by atoms with Crippen molar-refractivity contribution < 1.29 is 0 Å². The molecule has 0 N–H and O–H groups in total. The Morgan fingerprint density at radius 3 is 1.60 bits per heavy atom. The van der Waals surface area contributed by atoms with E-state index in [2.05, 4.69) is 112 Å². The lowest BCUT2D eigenvalue weighted by molar-refractivity contribution is 0.953. The van der Waals surface area contributed by atoms with Crippen molar-refractivity contribution in [3.63, 3.8) is 0 Å². The Bertz CT molecular complexity index is 2800. The van der Waals surface area contributed by atoms with Crippen LogP contribution < -0.4 is 0 Å². The van der Waals surface area contributed by atoms with Crippen molar-refractivity contribution >= 4 is 43.7 Å². The van der Waals surface area contributed by atoms with Gasteiger partial charge in [-0.05, 0) is 42.5 Å². The minimum absolute atomic E-state index is 0.564. The molecular weight excluding hydrogens is 613 g/mol. The number of fused-ring (bicyclic) bond motifs is 6. The standard InChI is InChI=1S/C44H28N6/c1-4-15-29(16-5-1)41-46-42(30-17-6-2-7-18-30)48-44(47-41)50-38-25-13-11-22-35(38)40-34(23-14-26-39(40)50)36-28-27-33-32-21-10-12-24-37(32)49(43(33)45-36)31-19-8-3-9-20-31/h1-28H. The first-order chi connectivity index (χ1) is 24.8. The molecule has 0 radical (unpaired) electrons. The van der Waals surface area contributed by atoms with Gasteiger partial charge in [-0.1, -0.05) is 127 Å². The number of hydrogen-bond acceptors (Lipinski definition) is 4. The van der Waals surface area contributed by atoms with E-state index in [4.69, 9.17) is 19.9 Å². The lowest BCUT2D eigenvalue weighted by atomic mass is 10.0. The number of para-hydroxylation sites is 3. The van der Waals surface area contributed by atoms with Crippen molar-refractivity contribution in [1.82, 2.24) is 29.1 Å². The van der Waals surface area contributed by atoms with Crippen molar-refractivity contribution in [2.75, 3.05) is 0 Å². The Kier molecular flexibility index (Phi) is 6.39. The monoisotopic (exact) mass is 640 g/mol. The lowest BCUT2D eigenvalue weighted by Gasteiger charge is -2.11. The van der Waals surface area contributed by atoms with Crippen molar-refractivity contribution in [1.29, 1.82) is 0 Å². The van der Waals surface area contributed by atoms with Crippen LogP contribution in [-0.4, -0.2) is 29.1 Å². The summed E-state index contributed by atoms with van der Waals surface area (Å²) in [5, 5.41) is 4.50. The van der Waals surface area contributed by atoms with Crippen LogP contribution in [-0.2, 0) is 0 Å². The molecule has 0 saturated carbocycles. The summed E-state index contributed by atoms with van der Waals surface area (Å²) in [7, 11) is 0. The molecule has 0 bridgehead atoms. The average molecular weight is 641 g/mol. The van der Waals surface area contributed by atoms with Crippen LogP contribution in [0.4, 0.5) is 0 Å². The highest BCUT2D eigenvalue weighted by molar-refractivity contribution is 6.16. The van der Waals surface area contributed by atoms with Gasteiger partial charge in [0.2, 0.25) is 5.95 Å². The molecule has 4 heterocycles. The summed E-state index contributed by atoms with van der Waals surface area (Å²) in [5.74, 6) is 1.81. The Balaban J connectivity index is 1.24. The van der Waals surface area contributed by atoms with Gasteiger partial charge in [-0.25, -0.2) is 9.97 Å². The van der Waals surface area contributed by atoms with Crippen LogP contribution in [0.2, 0.25) is 0 Å².